The van der Waals surface area contributed by atoms with Crippen LogP contribution in [-0.4, -0.2) is 19.1 Å². The van der Waals surface area contributed by atoms with Crippen LogP contribution in [0.5, 0.6) is 0 Å². The van der Waals surface area contributed by atoms with E-state index >= 15 is 0 Å². The van der Waals surface area contributed by atoms with Gasteiger partial charge in [0, 0.05) is 17.7 Å². The first-order valence-corrected chi connectivity index (χ1v) is 12.7. The highest BCUT2D eigenvalue weighted by Gasteiger charge is 2.35. The zero-order valence-electron chi connectivity index (χ0n) is 22.1. The molecule has 0 amide bonds. The molecule has 0 unspecified atom stereocenters. The minimum absolute atomic E-state index is 0.0102. The van der Waals surface area contributed by atoms with Crippen molar-refractivity contribution in [3.63, 3.8) is 0 Å². The van der Waals surface area contributed by atoms with Crippen molar-refractivity contribution in [1.29, 1.82) is 10.5 Å². The molecule has 1 aliphatic carbocycles. The van der Waals surface area contributed by atoms with Gasteiger partial charge < -0.3 is 9.41 Å². The maximum atomic E-state index is 9.77. The number of nitriles is 2. The average molecular weight is 511 g/mol. The van der Waals surface area contributed by atoms with Crippen LogP contribution in [0.3, 0.4) is 0 Å². The third kappa shape index (κ3) is 4.44. The van der Waals surface area contributed by atoms with Gasteiger partial charge in [-0.15, -0.1) is 0 Å². The van der Waals surface area contributed by atoms with Gasteiger partial charge in [-0.2, -0.15) is 10.5 Å². The number of rotatable bonds is 5. The van der Waals surface area contributed by atoms with Crippen molar-refractivity contribution >= 4 is 11.5 Å². The van der Waals surface area contributed by atoms with Crippen LogP contribution in [0.4, 0.5) is 11.5 Å². The zero-order valence-corrected chi connectivity index (χ0v) is 22.1. The van der Waals surface area contributed by atoms with Gasteiger partial charge in [0.25, 0.3) is 0 Å². The molecule has 0 radical (unpaired) electrons. The second-order valence-electron chi connectivity index (χ2n) is 10.7. The fraction of sp³-hybridized carbons (Fsp3) is 0.290. The summed E-state index contributed by atoms with van der Waals surface area (Å²) < 4.78 is 3.33. The Morgan fingerprint density at radius 3 is 2.31 bits per heavy atom. The Hall–Kier alpha value is -5.18. The Bertz CT molecular complexity index is 1750. The molecule has 0 saturated heterocycles. The third-order valence-corrected chi connectivity index (χ3v) is 7.82. The molecular weight excluding hydrogens is 484 g/mol. The number of hydrogen-bond acceptors (Lipinski definition) is 4. The second kappa shape index (κ2) is 9.60. The quantitative estimate of drug-likeness (QED) is 0.269. The molecule has 0 spiro atoms. The monoisotopic (exact) mass is 510 g/mol. The van der Waals surface area contributed by atoms with Crippen LogP contribution in [0, 0.1) is 35.8 Å². The third-order valence-electron chi connectivity index (χ3n) is 7.82. The van der Waals surface area contributed by atoms with Crippen LogP contribution in [0.2, 0.25) is 0 Å². The predicted octanol–water partition coefficient (Wildman–Crippen LogP) is 7.06. The first kappa shape index (κ1) is 25.5. The summed E-state index contributed by atoms with van der Waals surface area (Å²) in [6.07, 6.45) is 7.75. The summed E-state index contributed by atoms with van der Waals surface area (Å²) in [5, 5.41) is 19.1. The number of nitrogens with zero attached hydrogens (tertiary/aromatic N) is 8. The summed E-state index contributed by atoms with van der Waals surface area (Å²) in [4.78, 5) is 17.0. The molecule has 39 heavy (non-hydrogen) atoms. The van der Waals surface area contributed by atoms with Gasteiger partial charge in [0.15, 0.2) is 0 Å². The molecule has 190 valence electrons. The lowest BCUT2D eigenvalue weighted by atomic mass is 9.78. The van der Waals surface area contributed by atoms with Gasteiger partial charge in [-0.05, 0) is 68.0 Å². The predicted molar refractivity (Wildman–Crippen MR) is 147 cm³/mol. The molecule has 4 heterocycles. The van der Waals surface area contributed by atoms with Crippen LogP contribution in [0.15, 0.2) is 54.9 Å². The van der Waals surface area contributed by atoms with Crippen LogP contribution in [-0.2, 0) is 10.8 Å². The van der Waals surface area contributed by atoms with Crippen molar-refractivity contribution in [2.45, 2.75) is 57.3 Å². The molecule has 1 fully saturated rings. The molecular formula is C31H26N8. The topological polar surface area (TPSA) is 91.9 Å². The van der Waals surface area contributed by atoms with E-state index in [0.717, 1.165) is 42.6 Å². The zero-order chi connectivity index (χ0) is 27.8. The largest absolute Gasteiger partial charge is 0.364 e. The molecule has 0 bridgehead atoms. The molecule has 0 N–H and O–H groups in total. The Kier molecular flexibility index (Phi) is 6.27. The molecule has 1 aliphatic rings. The summed E-state index contributed by atoms with van der Waals surface area (Å²) in [7, 11) is 0. The lowest BCUT2D eigenvalue weighted by Crippen LogP contribution is -2.26. The van der Waals surface area contributed by atoms with Gasteiger partial charge in [-0.25, -0.2) is 19.4 Å². The highest BCUT2D eigenvalue weighted by molar-refractivity contribution is 5.54. The van der Waals surface area contributed by atoms with E-state index in [4.69, 9.17) is 23.1 Å². The molecule has 1 saturated carbocycles. The molecule has 5 rings (SSSR count). The van der Waals surface area contributed by atoms with E-state index < -0.39 is 5.41 Å². The normalized spacial score (nSPS) is 14.2. The Balaban J connectivity index is 1.68. The summed E-state index contributed by atoms with van der Waals surface area (Å²) in [6, 6.07) is 17.3. The number of pyridine rings is 2. The lowest BCUT2D eigenvalue weighted by Gasteiger charge is -2.30. The fourth-order valence-corrected chi connectivity index (χ4v) is 5.36. The van der Waals surface area contributed by atoms with Crippen molar-refractivity contribution in [2.24, 2.45) is 0 Å². The maximum Gasteiger partial charge on any atom is 0.237 e. The Labute approximate surface area is 228 Å². The van der Waals surface area contributed by atoms with E-state index in [-0.39, 0.29) is 5.41 Å². The van der Waals surface area contributed by atoms with Gasteiger partial charge in [-0.1, -0.05) is 32.4 Å². The SMILES string of the molecule is [C-]#[N+]c1cc(C#N)n(-c2cc(C3(C)CCCC3)cc(C(C)(C)c3cccc(-n4cc(C#N)cc4[N+]#[C-])n3)n2)c1. The van der Waals surface area contributed by atoms with E-state index in [1.165, 1.54) is 0 Å². The Morgan fingerprint density at radius 1 is 0.897 bits per heavy atom. The molecule has 8 heteroatoms. The van der Waals surface area contributed by atoms with Crippen molar-refractivity contribution in [1.82, 2.24) is 19.1 Å². The highest BCUT2D eigenvalue weighted by atomic mass is 15.1. The summed E-state index contributed by atoms with van der Waals surface area (Å²) in [6.45, 7) is 21.3. The van der Waals surface area contributed by atoms with Crippen LogP contribution < -0.4 is 0 Å². The minimum Gasteiger partial charge on any atom is -0.364 e. The average Bonchev–Trinajstić information content (AvgIpc) is 3.71. The first-order chi connectivity index (χ1) is 18.7. The number of aromatic nitrogens is 4. The molecule has 4 aromatic rings. The molecule has 0 aromatic carbocycles. The van der Waals surface area contributed by atoms with Crippen molar-refractivity contribution < 1.29 is 0 Å². The molecule has 0 aliphatic heterocycles. The minimum atomic E-state index is -0.637. The van der Waals surface area contributed by atoms with Crippen LogP contribution in [0.25, 0.3) is 21.3 Å². The van der Waals surface area contributed by atoms with Gasteiger partial charge in [-0.3, -0.25) is 0 Å². The van der Waals surface area contributed by atoms with E-state index in [0.29, 0.717) is 34.4 Å². The lowest BCUT2D eigenvalue weighted by molar-refractivity contribution is 0.486. The molecule has 8 nitrogen and oxygen atoms in total. The van der Waals surface area contributed by atoms with Gasteiger partial charge in [0.2, 0.25) is 17.3 Å². The van der Waals surface area contributed by atoms with Gasteiger partial charge >= 0.3 is 0 Å². The first-order valence-electron chi connectivity index (χ1n) is 12.7. The van der Waals surface area contributed by atoms with Crippen molar-refractivity contribution in [3.8, 4) is 23.8 Å². The summed E-state index contributed by atoms with van der Waals surface area (Å²) >= 11 is 0. The maximum absolute atomic E-state index is 9.77. The van der Waals surface area contributed by atoms with E-state index in [1.54, 1.807) is 33.7 Å². The summed E-state index contributed by atoms with van der Waals surface area (Å²) in [5.74, 6) is 1.47. The molecule has 0 atom stereocenters. The standard InChI is InChI=1S/C31H26N8/c1-30(2,25-9-8-10-27(36-25)39-19-21(17-32)13-28(39)35-5)26-14-22(31(3)11-6-7-12-31)15-29(37-26)38-20-23(34-4)16-24(38)18-33/h8-10,13-16,19-20H,6-7,11-12H2,1-3H3. The number of hydrogen-bond donors (Lipinski definition) is 0. The van der Waals surface area contributed by atoms with Crippen molar-refractivity contribution in [3.05, 3.63) is 106 Å². The second-order valence-corrected chi connectivity index (χ2v) is 10.7. The van der Waals surface area contributed by atoms with E-state index in [1.807, 2.05) is 18.2 Å². The Morgan fingerprint density at radius 2 is 1.64 bits per heavy atom. The smallest absolute Gasteiger partial charge is 0.237 e. The van der Waals surface area contributed by atoms with Crippen LogP contribution in [0.1, 0.15) is 74.7 Å². The summed E-state index contributed by atoms with van der Waals surface area (Å²) in [5.41, 5.74) is 3.21. The van der Waals surface area contributed by atoms with E-state index in [9.17, 15) is 10.5 Å². The van der Waals surface area contributed by atoms with Gasteiger partial charge in [0.1, 0.15) is 23.7 Å². The molecule has 4 aromatic heterocycles. The van der Waals surface area contributed by atoms with E-state index in [2.05, 4.69) is 54.7 Å². The fourth-order valence-electron chi connectivity index (χ4n) is 5.36. The van der Waals surface area contributed by atoms with Crippen molar-refractivity contribution in [2.75, 3.05) is 0 Å². The van der Waals surface area contributed by atoms with Gasteiger partial charge in [0.05, 0.1) is 29.7 Å². The highest BCUT2D eigenvalue weighted by Crippen LogP contribution is 2.43. The van der Waals surface area contributed by atoms with Crippen LogP contribution >= 0.6 is 0 Å².